The summed E-state index contributed by atoms with van der Waals surface area (Å²) in [6, 6.07) is -0.238. The molecule has 1 aliphatic heterocycles. The van der Waals surface area contributed by atoms with E-state index in [0.717, 1.165) is 0 Å². The molecule has 4 nitrogen and oxygen atoms in total. The molecule has 1 aliphatic rings. The summed E-state index contributed by atoms with van der Waals surface area (Å²) in [5.41, 5.74) is -0.850. The van der Waals surface area contributed by atoms with Crippen molar-refractivity contribution in [2.45, 2.75) is 51.6 Å². The summed E-state index contributed by atoms with van der Waals surface area (Å²) in [5, 5.41) is 2.81. The van der Waals surface area contributed by atoms with Crippen molar-refractivity contribution >= 4 is 11.8 Å². The summed E-state index contributed by atoms with van der Waals surface area (Å²) in [6.07, 6.45) is 1.31. The van der Waals surface area contributed by atoms with E-state index in [0.29, 0.717) is 12.8 Å². The van der Waals surface area contributed by atoms with Gasteiger partial charge in [-0.25, -0.2) is 4.39 Å². The molecule has 0 aromatic heterocycles. The average Bonchev–Trinajstić information content (AvgIpc) is 2.39. The van der Waals surface area contributed by atoms with Gasteiger partial charge in [-0.15, -0.1) is 0 Å². The van der Waals surface area contributed by atoms with Crippen LogP contribution in [0.4, 0.5) is 4.39 Å². The van der Waals surface area contributed by atoms with Crippen molar-refractivity contribution in [3.8, 4) is 0 Å². The van der Waals surface area contributed by atoms with E-state index in [1.54, 1.807) is 6.92 Å². The first-order chi connectivity index (χ1) is 8.00. The summed E-state index contributed by atoms with van der Waals surface area (Å²) >= 11 is 0. The van der Waals surface area contributed by atoms with Crippen molar-refractivity contribution in [1.29, 1.82) is 0 Å². The number of carbonyl (C=O) groups is 2. The van der Waals surface area contributed by atoms with E-state index in [9.17, 15) is 14.0 Å². The van der Waals surface area contributed by atoms with Crippen LogP contribution in [0.15, 0.2) is 0 Å². The molecule has 2 amide bonds. The summed E-state index contributed by atoms with van der Waals surface area (Å²) in [4.78, 5) is 25.6. The normalized spacial score (nSPS) is 24.5. The molecular weight excluding hydrogens is 223 g/mol. The van der Waals surface area contributed by atoms with Crippen molar-refractivity contribution in [2.24, 2.45) is 0 Å². The van der Waals surface area contributed by atoms with Crippen molar-refractivity contribution in [1.82, 2.24) is 10.2 Å². The second kappa shape index (κ2) is 5.47. The first-order valence-electron chi connectivity index (χ1n) is 6.18. The lowest BCUT2D eigenvalue weighted by Gasteiger charge is -2.35. The van der Waals surface area contributed by atoms with Gasteiger partial charge in [-0.05, 0) is 19.8 Å². The summed E-state index contributed by atoms with van der Waals surface area (Å²) in [6.45, 7) is 5.01. The Morgan fingerprint density at radius 2 is 2.00 bits per heavy atom. The maximum absolute atomic E-state index is 12.5. The van der Waals surface area contributed by atoms with E-state index in [-0.39, 0.29) is 30.8 Å². The van der Waals surface area contributed by atoms with Crippen molar-refractivity contribution in [2.75, 3.05) is 13.2 Å². The molecular formula is C12H21FN2O2. The number of rotatable bonds is 4. The van der Waals surface area contributed by atoms with Gasteiger partial charge in [-0.1, -0.05) is 13.8 Å². The molecule has 1 atom stereocenters. The van der Waals surface area contributed by atoms with Gasteiger partial charge in [0, 0.05) is 19.0 Å². The number of halogens is 1. The number of carbonyl (C=O) groups excluding carboxylic acids is 2. The number of amides is 2. The Hall–Kier alpha value is -1.13. The standard InChI is InChI=1S/C12H21FN2O2/c1-4-12(5-2)11(17)15(7-6-13)9(3)8-10(16)14-12/h9H,4-8H2,1-3H3,(H,14,16). The van der Waals surface area contributed by atoms with Gasteiger partial charge >= 0.3 is 0 Å². The zero-order valence-corrected chi connectivity index (χ0v) is 10.8. The van der Waals surface area contributed by atoms with Gasteiger partial charge in [0.2, 0.25) is 11.8 Å². The molecule has 1 fully saturated rings. The Kier molecular flexibility index (Phi) is 4.48. The molecule has 0 radical (unpaired) electrons. The molecule has 1 unspecified atom stereocenters. The monoisotopic (exact) mass is 244 g/mol. The van der Waals surface area contributed by atoms with Crippen LogP contribution in [0.25, 0.3) is 0 Å². The van der Waals surface area contributed by atoms with Crippen LogP contribution in [0.3, 0.4) is 0 Å². The second-order valence-electron chi connectivity index (χ2n) is 4.58. The number of nitrogens with one attached hydrogen (secondary N) is 1. The minimum absolute atomic E-state index is 0.0662. The van der Waals surface area contributed by atoms with E-state index >= 15 is 0 Å². The fraction of sp³-hybridized carbons (Fsp3) is 0.833. The van der Waals surface area contributed by atoms with Crippen LogP contribution >= 0.6 is 0 Å². The van der Waals surface area contributed by atoms with Gasteiger partial charge in [-0.3, -0.25) is 9.59 Å². The van der Waals surface area contributed by atoms with E-state index < -0.39 is 12.2 Å². The van der Waals surface area contributed by atoms with Crippen LogP contribution in [0.1, 0.15) is 40.0 Å². The lowest BCUT2D eigenvalue weighted by molar-refractivity contribution is -0.140. The lowest BCUT2D eigenvalue weighted by Crippen LogP contribution is -2.57. The number of hydrogen-bond acceptors (Lipinski definition) is 2. The quantitative estimate of drug-likeness (QED) is 0.809. The predicted molar refractivity (Wildman–Crippen MR) is 63.2 cm³/mol. The Balaban J connectivity index is 3.07. The zero-order valence-electron chi connectivity index (χ0n) is 10.8. The van der Waals surface area contributed by atoms with Crippen molar-refractivity contribution in [3.63, 3.8) is 0 Å². The van der Waals surface area contributed by atoms with E-state index in [2.05, 4.69) is 5.32 Å². The molecule has 1 rings (SSSR count). The first kappa shape index (κ1) is 13.9. The molecule has 0 aliphatic carbocycles. The number of hydrogen-bond donors (Lipinski definition) is 1. The third-order valence-corrected chi connectivity index (χ3v) is 3.59. The van der Waals surface area contributed by atoms with Crippen LogP contribution in [-0.2, 0) is 9.59 Å². The molecule has 1 heterocycles. The molecule has 0 spiro atoms. The summed E-state index contributed by atoms with van der Waals surface area (Å²) in [5.74, 6) is -0.283. The van der Waals surface area contributed by atoms with E-state index in [4.69, 9.17) is 0 Å². The molecule has 17 heavy (non-hydrogen) atoms. The fourth-order valence-corrected chi connectivity index (χ4v) is 2.37. The van der Waals surface area contributed by atoms with Gasteiger partial charge in [0.05, 0.1) is 0 Å². The Morgan fingerprint density at radius 1 is 1.41 bits per heavy atom. The minimum Gasteiger partial charge on any atom is -0.342 e. The van der Waals surface area contributed by atoms with Crippen LogP contribution in [0, 0.1) is 0 Å². The average molecular weight is 244 g/mol. The van der Waals surface area contributed by atoms with Gasteiger partial charge in [0.25, 0.3) is 0 Å². The van der Waals surface area contributed by atoms with Crippen molar-refractivity contribution in [3.05, 3.63) is 0 Å². The fourth-order valence-electron chi connectivity index (χ4n) is 2.37. The molecule has 5 heteroatoms. The lowest BCUT2D eigenvalue weighted by atomic mass is 9.91. The van der Waals surface area contributed by atoms with Gasteiger partial charge in [0.15, 0.2) is 0 Å². The van der Waals surface area contributed by atoms with Gasteiger partial charge in [0.1, 0.15) is 12.2 Å². The van der Waals surface area contributed by atoms with Gasteiger partial charge in [-0.2, -0.15) is 0 Å². The molecule has 98 valence electrons. The van der Waals surface area contributed by atoms with Crippen LogP contribution < -0.4 is 5.32 Å². The molecule has 1 saturated heterocycles. The smallest absolute Gasteiger partial charge is 0.248 e. The van der Waals surface area contributed by atoms with E-state index in [1.165, 1.54) is 4.90 Å². The first-order valence-corrected chi connectivity index (χ1v) is 6.18. The topological polar surface area (TPSA) is 49.4 Å². The summed E-state index contributed by atoms with van der Waals surface area (Å²) in [7, 11) is 0. The second-order valence-corrected chi connectivity index (χ2v) is 4.58. The highest BCUT2D eigenvalue weighted by Crippen LogP contribution is 2.24. The Morgan fingerprint density at radius 3 is 2.47 bits per heavy atom. The molecule has 1 N–H and O–H groups in total. The van der Waals surface area contributed by atoms with Crippen LogP contribution in [-0.4, -0.2) is 41.5 Å². The Labute approximate surface area is 102 Å². The molecule has 0 bridgehead atoms. The summed E-state index contributed by atoms with van der Waals surface area (Å²) < 4.78 is 12.5. The van der Waals surface area contributed by atoms with E-state index in [1.807, 2.05) is 13.8 Å². The molecule has 0 saturated carbocycles. The largest absolute Gasteiger partial charge is 0.342 e. The molecule has 0 aromatic rings. The zero-order chi connectivity index (χ0) is 13.1. The highest BCUT2D eigenvalue weighted by Gasteiger charge is 2.43. The maximum Gasteiger partial charge on any atom is 0.248 e. The third kappa shape index (κ3) is 2.58. The van der Waals surface area contributed by atoms with Gasteiger partial charge < -0.3 is 10.2 Å². The third-order valence-electron chi connectivity index (χ3n) is 3.59. The van der Waals surface area contributed by atoms with Crippen LogP contribution in [0.5, 0.6) is 0 Å². The van der Waals surface area contributed by atoms with Crippen LogP contribution in [0.2, 0.25) is 0 Å². The predicted octanol–water partition coefficient (Wildman–Crippen LogP) is 1.25. The highest BCUT2D eigenvalue weighted by atomic mass is 19.1. The highest BCUT2D eigenvalue weighted by molar-refractivity contribution is 5.93. The van der Waals surface area contributed by atoms with Crippen molar-refractivity contribution < 1.29 is 14.0 Å². The Bertz CT molecular complexity index is 303. The number of alkyl halides is 1. The molecule has 0 aromatic carbocycles. The SMILES string of the molecule is CCC1(CC)NC(=O)CC(C)N(CCF)C1=O. The number of nitrogens with zero attached hydrogens (tertiary/aromatic N) is 1. The maximum atomic E-state index is 12.5. The minimum atomic E-state index is -0.850.